The Kier molecular flexibility index (Phi) is 4.52. The number of fused-ring (bicyclic) bond motifs is 1. The summed E-state index contributed by atoms with van der Waals surface area (Å²) in [6.45, 7) is 4.44. The lowest BCUT2D eigenvalue weighted by Crippen LogP contribution is -2.10. The number of pyridine rings is 1. The Hall–Kier alpha value is -3.32. The van der Waals surface area contributed by atoms with Crippen molar-refractivity contribution in [3.8, 4) is 11.4 Å². The second-order valence-corrected chi connectivity index (χ2v) is 6.96. The predicted molar refractivity (Wildman–Crippen MR) is 107 cm³/mol. The summed E-state index contributed by atoms with van der Waals surface area (Å²) in [4.78, 5) is 17.2. The van der Waals surface area contributed by atoms with Gasteiger partial charge in [0.1, 0.15) is 5.15 Å². The van der Waals surface area contributed by atoms with Crippen LogP contribution in [0.15, 0.2) is 42.5 Å². The minimum Gasteiger partial charge on any atom is -0.366 e. The molecule has 0 saturated carbocycles. The summed E-state index contributed by atoms with van der Waals surface area (Å²) in [7, 11) is 0. The average molecular weight is 393 g/mol. The molecule has 7 nitrogen and oxygen atoms in total. The number of rotatable bonds is 4. The van der Waals surface area contributed by atoms with Gasteiger partial charge in [0, 0.05) is 22.1 Å². The van der Waals surface area contributed by atoms with Crippen molar-refractivity contribution in [2.75, 3.05) is 0 Å². The number of carbonyl (C=O) groups excluding carboxylic acids is 1. The van der Waals surface area contributed by atoms with Gasteiger partial charge in [0.2, 0.25) is 11.7 Å². The second-order valence-electron chi connectivity index (χ2n) is 6.60. The molecule has 0 atom stereocenters. The molecule has 4 rings (SSSR count). The van der Waals surface area contributed by atoms with Gasteiger partial charge >= 0.3 is 0 Å². The maximum atomic E-state index is 11.2. The van der Waals surface area contributed by atoms with Gasteiger partial charge in [-0.1, -0.05) is 35.9 Å². The van der Waals surface area contributed by atoms with E-state index in [0.717, 1.165) is 27.6 Å². The molecule has 0 spiro atoms. The van der Waals surface area contributed by atoms with Gasteiger partial charge in [-0.2, -0.15) is 4.80 Å². The highest BCUT2D eigenvalue weighted by Gasteiger charge is 2.12. The number of tetrazole rings is 1. The minimum absolute atomic E-state index is 0.348. The van der Waals surface area contributed by atoms with Crippen molar-refractivity contribution in [3.63, 3.8) is 0 Å². The van der Waals surface area contributed by atoms with Crippen LogP contribution in [0.3, 0.4) is 0 Å². The largest absolute Gasteiger partial charge is 0.366 e. The van der Waals surface area contributed by atoms with E-state index in [0.29, 0.717) is 23.1 Å². The highest BCUT2D eigenvalue weighted by atomic mass is 35.5. The number of nitrogens with two attached hydrogens (primary N) is 1. The monoisotopic (exact) mass is 392 g/mol. The summed E-state index contributed by atoms with van der Waals surface area (Å²) >= 11 is 6.40. The van der Waals surface area contributed by atoms with Crippen LogP contribution in [0.25, 0.3) is 22.3 Å². The first-order valence-corrected chi connectivity index (χ1v) is 9.03. The molecule has 0 fully saturated rings. The van der Waals surface area contributed by atoms with E-state index >= 15 is 0 Å². The maximum Gasteiger partial charge on any atom is 0.248 e. The van der Waals surface area contributed by atoms with E-state index in [1.807, 2.05) is 19.1 Å². The van der Waals surface area contributed by atoms with Gasteiger partial charge in [-0.3, -0.25) is 4.79 Å². The highest BCUT2D eigenvalue weighted by molar-refractivity contribution is 6.30. The molecule has 0 saturated heterocycles. The summed E-state index contributed by atoms with van der Waals surface area (Å²) in [5, 5.41) is 14.0. The molecule has 0 bridgehead atoms. The van der Waals surface area contributed by atoms with Gasteiger partial charge in [0.15, 0.2) is 0 Å². The lowest BCUT2D eigenvalue weighted by Gasteiger charge is -2.09. The number of primary amides is 1. The van der Waals surface area contributed by atoms with Crippen LogP contribution in [0.5, 0.6) is 0 Å². The van der Waals surface area contributed by atoms with Crippen molar-refractivity contribution >= 4 is 28.4 Å². The second kappa shape index (κ2) is 7.01. The van der Waals surface area contributed by atoms with Gasteiger partial charge < -0.3 is 5.73 Å². The van der Waals surface area contributed by atoms with E-state index in [9.17, 15) is 4.79 Å². The number of aromatic nitrogens is 5. The lowest BCUT2D eigenvalue weighted by atomic mass is 10.0. The van der Waals surface area contributed by atoms with Crippen molar-refractivity contribution in [2.24, 2.45) is 5.73 Å². The summed E-state index contributed by atoms with van der Waals surface area (Å²) < 4.78 is 0. The van der Waals surface area contributed by atoms with Gasteiger partial charge in [0.05, 0.1) is 12.1 Å². The van der Waals surface area contributed by atoms with Crippen molar-refractivity contribution in [1.82, 2.24) is 25.2 Å². The molecule has 2 heterocycles. The zero-order valence-electron chi connectivity index (χ0n) is 15.3. The first-order valence-electron chi connectivity index (χ1n) is 8.66. The van der Waals surface area contributed by atoms with E-state index in [-0.39, 0.29) is 0 Å². The molecule has 28 heavy (non-hydrogen) atoms. The summed E-state index contributed by atoms with van der Waals surface area (Å²) in [6.07, 6.45) is 0. The SMILES string of the molecule is Cc1ccc2cc(Cn3nnc(-c4ccc(C(N)=O)cc4)n3)c(Cl)nc2c1C. The molecular formula is C20H17ClN6O. The molecule has 140 valence electrons. The maximum absolute atomic E-state index is 11.2. The zero-order valence-corrected chi connectivity index (χ0v) is 16.1. The molecule has 2 N–H and O–H groups in total. The third-order valence-corrected chi connectivity index (χ3v) is 5.06. The minimum atomic E-state index is -0.480. The standard InChI is InChI=1S/C20H17ClN6O/c1-11-3-4-15-9-16(18(21)23-17(15)12(11)2)10-27-25-20(24-26-27)14-7-5-13(6-8-14)19(22)28/h3-9H,10H2,1-2H3,(H2,22,28). The van der Waals surface area contributed by atoms with Crippen molar-refractivity contribution in [2.45, 2.75) is 20.4 Å². The van der Waals surface area contributed by atoms with E-state index in [1.54, 1.807) is 24.3 Å². The lowest BCUT2D eigenvalue weighted by molar-refractivity contribution is 0.100. The van der Waals surface area contributed by atoms with Crippen LogP contribution in [0.4, 0.5) is 0 Å². The van der Waals surface area contributed by atoms with Gasteiger partial charge in [-0.15, -0.1) is 10.2 Å². The summed E-state index contributed by atoms with van der Waals surface area (Å²) in [5.41, 5.74) is 10.4. The third kappa shape index (κ3) is 3.32. The van der Waals surface area contributed by atoms with E-state index in [4.69, 9.17) is 17.3 Å². The molecule has 0 aliphatic carbocycles. The Labute approximate surface area is 166 Å². The molecular weight excluding hydrogens is 376 g/mol. The summed E-state index contributed by atoms with van der Waals surface area (Å²) in [6, 6.07) is 12.8. The van der Waals surface area contributed by atoms with Crippen molar-refractivity contribution < 1.29 is 4.79 Å². The average Bonchev–Trinajstić information content (AvgIpc) is 3.15. The molecule has 0 aliphatic heterocycles. The third-order valence-electron chi connectivity index (χ3n) is 4.73. The predicted octanol–water partition coefficient (Wildman–Crippen LogP) is 3.31. The summed E-state index contributed by atoms with van der Waals surface area (Å²) in [5.74, 6) is -0.0283. The molecule has 0 aliphatic rings. The number of hydrogen-bond donors (Lipinski definition) is 1. The Morgan fingerprint density at radius 2 is 1.89 bits per heavy atom. The van der Waals surface area contributed by atoms with E-state index in [1.165, 1.54) is 10.4 Å². The number of aryl methyl sites for hydroxylation is 2. The zero-order chi connectivity index (χ0) is 19.8. The fourth-order valence-electron chi connectivity index (χ4n) is 2.98. The first-order chi connectivity index (χ1) is 13.4. The van der Waals surface area contributed by atoms with Gasteiger partial charge in [-0.05, 0) is 48.4 Å². The topological polar surface area (TPSA) is 99.6 Å². The van der Waals surface area contributed by atoms with Crippen LogP contribution in [0.2, 0.25) is 5.15 Å². The molecule has 2 aromatic carbocycles. The van der Waals surface area contributed by atoms with Gasteiger partial charge in [0.25, 0.3) is 0 Å². The van der Waals surface area contributed by atoms with Gasteiger partial charge in [-0.25, -0.2) is 4.98 Å². The number of benzene rings is 2. The fraction of sp³-hybridized carbons (Fsp3) is 0.150. The number of halogens is 1. The molecule has 8 heteroatoms. The Morgan fingerprint density at radius 1 is 1.14 bits per heavy atom. The Bertz CT molecular complexity index is 1200. The van der Waals surface area contributed by atoms with Crippen LogP contribution in [-0.2, 0) is 6.54 Å². The molecule has 0 radical (unpaired) electrons. The number of nitrogens with zero attached hydrogens (tertiary/aromatic N) is 5. The van der Waals surface area contributed by atoms with Crippen LogP contribution in [-0.4, -0.2) is 31.1 Å². The van der Waals surface area contributed by atoms with Crippen LogP contribution in [0.1, 0.15) is 27.0 Å². The van der Waals surface area contributed by atoms with E-state index in [2.05, 4.69) is 33.4 Å². The van der Waals surface area contributed by atoms with Crippen LogP contribution < -0.4 is 5.73 Å². The fourth-order valence-corrected chi connectivity index (χ4v) is 3.18. The first kappa shape index (κ1) is 18.1. The van der Waals surface area contributed by atoms with Crippen molar-refractivity contribution in [3.05, 3.63) is 69.9 Å². The molecule has 1 amide bonds. The Balaban J connectivity index is 1.62. The van der Waals surface area contributed by atoms with Crippen molar-refractivity contribution in [1.29, 1.82) is 0 Å². The highest BCUT2D eigenvalue weighted by Crippen LogP contribution is 2.25. The smallest absolute Gasteiger partial charge is 0.248 e. The molecule has 4 aromatic rings. The number of hydrogen-bond acceptors (Lipinski definition) is 5. The quantitative estimate of drug-likeness (QED) is 0.537. The van der Waals surface area contributed by atoms with Crippen LogP contribution >= 0.6 is 11.6 Å². The van der Waals surface area contributed by atoms with E-state index < -0.39 is 5.91 Å². The Morgan fingerprint density at radius 3 is 2.61 bits per heavy atom. The number of carbonyl (C=O) groups is 1. The molecule has 0 unspecified atom stereocenters. The normalized spacial score (nSPS) is 11.1. The molecule has 2 aromatic heterocycles. The number of amides is 1. The van der Waals surface area contributed by atoms with Crippen LogP contribution in [0, 0.1) is 13.8 Å².